The van der Waals surface area contributed by atoms with Crippen LogP contribution < -0.4 is 14.8 Å². The lowest BCUT2D eigenvalue weighted by Crippen LogP contribution is -2.12. The van der Waals surface area contributed by atoms with Crippen molar-refractivity contribution in [2.75, 3.05) is 12.1 Å². The maximum atomic E-state index is 12.4. The lowest BCUT2D eigenvalue weighted by atomic mass is 10.2. The average Bonchev–Trinajstić information content (AvgIpc) is 3.11. The van der Waals surface area contributed by atoms with E-state index >= 15 is 0 Å². The number of anilines is 1. The molecule has 7 nitrogen and oxygen atoms in total. The van der Waals surface area contributed by atoms with E-state index in [0.717, 1.165) is 16.7 Å². The highest BCUT2D eigenvalue weighted by atomic mass is 16.7. The van der Waals surface area contributed by atoms with Gasteiger partial charge in [-0.15, -0.1) is 0 Å². The van der Waals surface area contributed by atoms with Gasteiger partial charge in [0.25, 0.3) is 5.91 Å². The molecule has 1 aliphatic heterocycles. The summed E-state index contributed by atoms with van der Waals surface area (Å²) in [6.07, 6.45) is 1.55. The number of carbonyl (C=O) groups excluding carboxylic acids is 1. The van der Waals surface area contributed by atoms with Gasteiger partial charge in [-0.05, 0) is 25.1 Å². The van der Waals surface area contributed by atoms with Crippen LogP contribution in [0.3, 0.4) is 0 Å². The van der Waals surface area contributed by atoms with Gasteiger partial charge in [-0.2, -0.15) is 5.10 Å². The molecule has 4 rings (SSSR count). The van der Waals surface area contributed by atoms with Crippen molar-refractivity contribution >= 4 is 22.6 Å². The first-order valence-corrected chi connectivity index (χ1v) is 7.12. The first-order chi connectivity index (χ1) is 11.1. The van der Waals surface area contributed by atoms with E-state index in [1.807, 2.05) is 14.0 Å². The molecule has 116 valence electrons. The molecule has 0 saturated carbocycles. The van der Waals surface area contributed by atoms with E-state index in [1.54, 1.807) is 35.1 Å². The Kier molecular flexibility index (Phi) is 2.94. The van der Waals surface area contributed by atoms with Crippen LogP contribution in [0.1, 0.15) is 16.1 Å². The molecular weight excluding hydrogens is 296 g/mol. The van der Waals surface area contributed by atoms with Crippen molar-refractivity contribution in [2.45, 2.75) is 6.92 Å². The number of carbonyl (C=O) groups is 1. The molecule has 0 radical (unpaired) electrons. The summed E-state index contributed by atoms with van der Waals surface area (Å²) in [5, 5.41) is 8.01. The Bertz CT molecular complexity index is 932. The fourth-order valence-corrected chi connectivity index (χ4v) is 2.61. The molecule has 0 aliphatic carbocycles. The summed E-state index contributed by atoms with van der Waals surface area (Å²) in [5.41, 5.74) is 2.71. The van der Waals surface area contributed by atoms with Crippen LogP contribution in [-0.4, -0.2) is 27.5 Å². The first-order valence-electron chi connectivity index (χ1n) is 7.12. The van der Waals surface area contributed by atoms with Crippen LogP contribution in [0.2, 0.25) is 0 Å². The molecule has 0 unspecified atom stereocenters. The number of fused-ring (bicyclic) bond motifs is 2. The summed E-state index contributed by atoms with van der Waals surface area (Å²) in [6, 6.07) is 7.08. The van der Waals surface area contributed by atoms with Crippen molar-refractivity contribution in [1.29, 1.82) is 0 Å². The summed E-state index contributed by atoms with van der Waals surface area (Å²) in [7, 11) is 1.83. The number of nitrogens with zero attached hydrogens (tertiary/aromatic N) is 3. The molecule has 0 atom stereocenters. The first kappa shape index (κ1) is 13.6. The maximum Gasteiger partial charge on any atom is 0.257 e. The molecule has 1 aromatic carbocycles. The second kappa shape index (κ2) is 4.98. The third kappa shape index (κ3) is 2.26. The molecular formula is C16H14N4O3. The quantitative estimate of drug-likeness (QED) is 0.785. The topological polar surface area (TPSA) is 78.3 Å². The lowest BCUT2D eigenvalue weighted by Gasteiger charge is -2.06. The van der Waals surface area contributed by atoms with Gasteiger partial charge in [-0.25, -0.2) is 4.98 Å². The Labute approximate surface area is 131 Å². The minimum atomic E-state index is -0.235. The zero-order valence-corrected chi connectivity index (χ0v) is 12.7. The molecule has 7 heteroatoms. The van der Waals surface area contributed by atoms with Crippen LogP contribution in [0.15, 0.2) is 30.5 Å². The molecule has 23 heavy (non-hydrogen) atoms. The Hall–Kier alpha value is -3.09. The Morgan fingerprint density at radius 2 is 2.09 bits per heavy atom. The van der Waals surface area contributed by atoms with Crippen LogP contribution in [0, 0.1) is 6.92 Å². The highest BCUT2D eigenvalue weighted by Crippen LogP contribution is 2.34. The van der Waals surface area contributed by atoms with Crippen LogP contribution in [0.4, 0.5) is 5.69 Å². The zero-order chi connectivity index (χ0) is 16.0. The van der Waals surface area contributed by atoms with Crippen molar-refractivity contribution in [2.24, 2.45) is 7.05 Å². The molecule has 1 N–H and O–H groups in total. The lowest BCUT2D eigenvalue weighted by molar-refractivity contribution is 0.102. The van der Waals surface area contributed by atoms with Crippen molar-refractivity contribution in [3.05, 3.63) is 41.7 Å². The van der Waals surface area contributed by atoms with Gasteiger partial charge < -0.3 is 14.8 Å². The van der Waals surface area contributed by atoms with Gasteiger partial charge in [-0.3, -0.25) is 9.48 Å². The van der Waals surface area contributed by atoms with Gasteiger partial charge in [0.05, 0.1) is 11.3 Å². The van der Waals surface area contributed by atoms with E-state index in [1.165, 1.54) is 0 Å². The molecule has 3 aromatic rings. The predicted octanol–water partition coefficient (Wildman–Crippen LogP) is 2.26. The van der Waals surface area contributed by atoms with Gasteiger partial charge in [0, 0.05) is 30.4 Å². The normalized spacial score (nSPS) is 12.6. The average molecular weight is 310 g/mol. The third-order valence-electron chi connectivity index (χ3n) is 3.76. The molecule has 0 spiro atoms. The van der Waals surface area contributed by atoms with Gasteiger partial charge in [-0.1, -0.05) is 0 Å². The second-order valence-electron chi connectivity index (χ2n) is 5.33. The number of amides is 1. The Morgan fingerprint density at radius 1 is 1.26 bits per heavy atom. The molecule has 1 aliphatic rings. The number of aryl methyl sites for hydroxylation is 2. The van der Waals surface area contributed by atoms with E-state index < -0.39 is 0 Å². The van der Waals surface area contributed by atoms with E-state index in [9.17, 15) is 4.79 Å². The summed E-state index contributed by atoms with van der Waals surface area (Å²) < 4.78 is 12.3. The zero-order valence-electron chi connectivity index (χ0n) is 12.7. The van der Waals surface area contributed by atoms with E-state index in [-0.39, 0.29) is 12.7 Å². The molecule has 3 heterocycles. The molecule has 0 bridgehead atoms. The van der Waals surface area contributed by atoms with Gasteiger partial charge in [0.1, 0.15) is 0 Å². The number of hydrogen-bond acceptors (Lipinski definition) is 5. The molecule has 1 amide bonds. The standard InChI is InChI=1S/C16H14N4O3/c1-9-12-5-10(7-17-15(12)20(2)19-9)16(21)18-11-3-4-13-14(6-11)23-8-22-13/h3-7H,8H2,1-2H3,(H,18,21). The minimum Gasteiger partial charge on any atom is -0.454 e. The largest absolute Gasteiger partial charge is 0.454 e. The fraction of sp³-hybridized carbons (Fsp3) is 0.188. The third-order valence-corrected chi connectivity index (χ3v) is 3.76. The number of nitrogens with one attached hydrogen (secondary N) is 1. The number of ether oxygens (including phenoxy) is 2. The monoisotopic (exact) mass is 310 g/mol. The number of rotatable bonds is 2. The Balaban J connectivity index is 1.63. The summed E-state index contributed by atoms with van der Waals surface area (Å²) in [5.74, 6) is 1.07. The SMILES string of the molecule is Cc1nn(C)c2ncc(C(=O)Nc3ccc4c(c3)OCO4)cc12. The fourth-order valence-electron chi connectivity index (χ4n) is 2.61. The van der Waals surface area contributed by atoms with E-state index in [2.05, 4.69) is 15.4 Å². The number of pyridine rings is 1. The van der Waals surface area contributed by atoms with E-state index in [4.69, 9.17) is 9.47 Å². The Morgan fingerprint density at radius 3 is 2.96 bits per heavy atom. The number of aromatic nitrogens is 3. The van der Waals surface area contributed by atoms with E-state index in [0.29, 0.717) is 22.7 Å². The van der Waals surface area contributed by atoms with Crippen LogP contribution in [-0.2, 0) is 7.05 Å². The summed E-state index contributed by atoms with van der Waals surface area (Å²) in [6.45, 7) is 2.09. The second-order valence-corrected chi connectivity index (χ2v) is 5.33. The smallest absolute Gasteiger partial charge is 0.257 e. The van der Waals surface area contributed by atoms with Gasteiger partial charge in [0.2, 0.25) is 6.79 Å². The molecule has 2 aromatic heterocycles. The predicted molar refractivity (Wildman–Crippen MR) is 83.8 cm³/mol. The van der Waals surface area contributed by atoms with Gasteiger partial charge >= 0.3 is 0 Å². The minimum absolute atomic E-state index is 0.202. The van der Waals surface area contributed by atoms with Crippen molar-refractivity contribution in [3.63, 3.8) is 0 Å². The van der Waals surface area contributed by atoms with Crippen LogP contribution >= 0.6 is 0 Å². The molecule has 0 saturated heterocycles. The number of hydrogen-bond donors (Lipinski definition) is 1. The summed E-state index contributed by atoms with van der Waals surface area (Å²) in [4.78, 5) is 16.7. The van der Waals surface area contributed by atoms with Crippen molar-refractivity contribution < 1.29 is 14.3 Å². The highest BCUT2D eigenvalue weighted by molar-refractivity contribution is 6.05. The van der Waals surface area contributed by atoms with Crippen LogP contribution in [0.5, 0.6) is 11.5 Å². The summed E-state index contributed by atoms with van der Waals surface area (Å²) >= 11 is 0. The highest BCUT2D eigenvalue weighted by Gasteiger charge is 2.16. The molecule has 0 fully saturated rings. The van der Waals surface area contributed by atoms with Crippen LogP contribution in [0.25, 0.3) is 11.0 Å². The number of benzene rings is 1. The maximum absolute atomic E-state index is 12.4. The van der Waals surface area contributed by atoms with Gasteiger partial charge in [0.15, 0.2) is 17.1 Å². The van der Waals surface area contributed by atoms with Crippen molar-refractivity contribution in [3.8, 4) is 11.5 Å². The van der Waals surface area contributed by atoms with Crippen molar-refractivity contribution in [1.82, 2.24) is 14.8 Å².